The average Bonchev–Trinajstić information content (AvgIpc) is 3.02. The van der Waals surface area contributed by atoms with E-state index in [-0.39, 0.29) is 5.41 Å². The zero-order valence-corrected chi connectivity index (χ0v) is 16.3. The molecule has 0 unspecified atom stereocenters. The van der Waals surface area contributed by atoms with Crippen molar-refractivity contribution >= 4 is 5.71 Å². The van der Waals surface area contributed by atoms with Crippen LogP contribution in [0.15, 0.2) is 53.7 Å². The van der Waals surface area contributed by atoms with Crippen LogP contribution in [0.25, 0.3) is 11.1 Å². The van der Waals surface area contributed by atoms with Gasteiger partial charge in [-0.2, -0.15) is 5.26 Å². The molecule has 2 aliphatic carbocycles. The molecular formula is C24H26N2O. The molecule has 3 nitrogen and oxygen atoms in total. The molecule has 2 aliphatic rings. The van der Waals surface area contributed by atoms with Gasteiger partial charge in [-0.15, -0.1) is 0 Å². The van der Waals surface area contributed by atoms with Crippen LogP contribution in [0.1, 0.15) is 51.2 Å². The van der Waals surface area contributed by atoms with Crippen molar-refractivity contribution in [2.45, 2.75) is 46.6 Å². The Hall–Kier alpha value is -2.60. The normalized spacial score (nSPS) is 26.9. The number of nitriles is 1. The third kappa shape index (κ3) is 2.84. The van der Waals surface area contributed by atoms with E-state index in [1.807, 2.05) is 36.4 Å². The molecule has 2 aromatic carbocycles. The Labute approximate surface area is 161 Å². The monoisotopic (exact) mass is 358 g/mol. The highest BCUT2D eigenvalue weighted by Crippen LogP contribution is 2.64. The predicted molar refractivity (Wildman–Crippen MR) is 108 cm³/mol. The molecule has 0 aromatic heterocycles. The quantitative estimate of drug-likeness (QED) is 0.635. The van der Waals surface area contributed by atoms with E-state index in [2.05, 4.69) is 44.1 Å². The molecule has 2 aromatic rings. The van der Waals surface area contributed by atoms with Crippen LogP contribution in [-0.4, -0.2) is 5.71 Å². The highest BCUT2D eigenvalue weighted by atomic mass is 16.6. The van der Waals surface area contributed by atoms with Crippen LogP contribution in [-0.2, 0) is 11.4 Å². The number of rotatable bonds is 4. The molecule has 0 aliphatic heterocycles. The lowest BCUT2D eigenvalue weighted by Gasteiger charge is -2.34. The van der Waals surface area contributed by atoms with Gasteiger partial charge in [0.15, 0.2) is 0 Å². The van der Waals surface area contributed by atoms with E-state index in [1.54, 1.807) is 0 Å². The lowest BCUT2D eigenvalue weighted by Crippen LogP contribution is -2.32. The molecule has 3 heteroatoms. The van der Waals surface area contributed by atoms with Gasteiger partial charge in [-0.05, 0) is 53.4 Å². The van der Waals surface area contributed by atoms with Crippen LogP contribution in [0.2, 0.25) is 0 Å². The largest absolute Gasteiger partial charge is 0.391 e. The minimum atomic E-state index is 0.183. The summed E-state index contributed by atoms with van der Waals surface area (Å²) in [6.07, 6.45) is 3.61. The summed E-state index contributed by atoms with van der Waals surface area (Å²) in [6.45, 7) is 7.59. The summed E-state index contributed by atoms with van der Waals surface area (Å²) in [5.41, 5.74) is 5.54. The predicted octanol–water partition coefficient (Wildman–Crippen LogP) is 5.94. The summed E-state index contributed by atoms with van der Waals surface area (Å²) in [6, 6.07) is 18.1. The molecule has 4 rings (SSSR count). The van der Waals surface area contributed by atoms with E-state index in [1.165, 1.54) is 18.6 Å². The number of fused-ring (bicyclic) bond motifs is 2. The third-order valence-corrected chi connectivity index (χ3v) is 7.23. The molecule has 0 heterocycles. The van der Waals surface area contributed by atoms with Gasteiger partial charge >= 0.3 is 0 Å². The second-order valence-electron chi connectivity index (χ2n) is 8.66. The molecule has 0 amide bonds. The first kappa shape index (κ1) is 17.8. The van der Waals surface area contributed by atoms with E-state index in [4.69, 9.17) is 4.84 Å². The maximum absolute atomic E-state index is 9.27. The third-order valence-electron chi connectivity index (χ3n) is 7.23. The van der Waals surface area contributed by atoms with Crippen molar-refractivity contribution in [1.82, 2.24) is 0 Å². The summed E-state index contributed by atoms with van der Waals surface area (Å²) in [5, 5.41) is 13.8. The fraction of sp³-hybridized carbons (Fsp3) is 0.417. The average molecular weight is 358 g/mol. The van der Waals surface area contributed by atoms with Crippen LogP contribution in [0.5, 0.6) is 0 Å². The smallest absolute Gasteiger partial charge is 0.142 e. The fourth-order valence-electron chi connectivity index (χ4n) is 4.86. The van der Waals surface area contributed by atoms with Crippen LogP contribution >= 0.6 is 0 Å². The van der Waals surface area contributed by atoms with Gasteiger partial charge < -0.3 is 4.84 Å². The van der Waals surface area contributed by atoms with Gasteiger partial charge in [0, 0.05) is 5.41 Å². The summed E-state index contributed by atoms with van der Waals surface area (Å²) in [4.78, 5) is 5.74. The minimum absolute atomic E-state index is 0.183. The summed E-state index contributed by atoms with van der Waals surface area (Å²) < 4.78 is 0. The Kier molecular flexibility index (Phi) is 4.30. The van der Waals surface area contributed by atoms with Gasteiger partial charge in [0.2, 0.25) is 0 Å². The first-order valence-corrected chi connectivity index (χ1v) is 9.73. The van der Waals surface area contributed by atoms with Gasteiger partial charge in [-0.1, -0.05) is 68.4 Å². The first-order chi connectivity index (χ1) is 13.0. The van der Waals surface area contributed by atoms with Crippen molar-refractivity contribution in [3.63, 3.8) is 0 Å². The van der Waals surface area contributed by atoms with Crippen molar-refractivity contribution in [3.05, 3.63) is 59.7 Å². The van der Waals surface area contributed by atoms with Crippen LogP contribution in [0.3, 0.4) is 0 Å². The van der Waals surface area contributed by atoms with E-state index in [0.717, 1.165) is 29.0 Å². The maximum atomic E-state index is 9.27. The van der Waals surface area contributed by atoms with Crippen molar-refractivity contribution in [2.24, 2.45) is 21.9 Å². The van der Waals surface area contributed by atoms with Crippen LogP contribution in [0.4, 0.5) is 0 Å². The van der Waals surface area contributed by atoms with E-state index in [9.17, 15) is 5.26 Å². The first-order valence-electron chi connectivity index (χ1n) is 9.73. The lowest BCUT2D eigenvalue weighted by molar-refractivity contribution is 0.123. The van der Waals surface area contributed by atoms with Crippen LogP contribution in [0, 0.1) is 28.1 Å². The van der Waals surface area contributed by atoms with E-state index in [0.29, 0.717) is 17.6 Å². The van der Waals surface area contributed by atoms with Crippen molar-refractivity contribution in [3.8, 4) is 17.2 Å². The second kappa shape index (κ2) is 6.53. The van der Waals surface area contributed by atoms with Gasteiger partial charge in [0.1, 0.15) is 6.61 Å². The maximum Gasteiger partial charge on any atom is 0.142 e. The zero-order chi connectivity index (χ0) is 19.1. The molecule has 0 spiro atoms. The van der Waals surface area contributed by atoms with Crippen molar-refractivity contribution in [1.29, 1.82) is 5.26 Å². The van der Waals surface area contributed by atoms with Crippen molar-refractivity contribution in [2.75, 3.05) is 0 Å². The Morgan fingerprint density at radius 1 is 1.11 bits per heavy atom. The SMILES string of the molecule is CC1(C)[C@H]2CC[C@]1(C)/C(=N/OCc1ccc(-c3ccccc3C#N)cc1)C2. The summed E-state index contributed by atoms with van der Waals surface area (Å²) >= 11 is 0. The summed E-state index contributed by atoms with van der Waals surface area (Å²) in [5.74, 6) is 0.740. The Morgan fingerprint density at radius 3 is 2.48 bits per heavy atom. The van der Waals surface area contributed by atoms with E-state index < -0.39 is 0 Å². The molecule has 2 bridgehead atoms. The number of nitrogens with zero attached hydrogens (tertiary/aromatic N) is 2. The summed E-state index contributed by atoms with van der Waals surface area (Å²) in [7, 11) is 0. The number of hydrogen-bond acceptors (Lipinski definition) is 3. The van der Waals surface area contributed by atoms with Gasteiger partial charge in [0.05, 0.1) is 17.3 Å². The molecule has 0 N–H and O–H groups in total. The molecule has 2 fully saturated rings. The highest BCUT2D eigenvalue weighted by molar-refractivity contribution is 5.93. The molecule has 0 saturated heterocycles. The van der Waals surface area contributed by atoms with Gasteiger partial charge in [0.25, 0.3) is 0 Å². The molecular weight excluding hydrogens is 332 g/mol. The fourth-order valence-corrected chi connectivity index (χ4v) is 4.86. The molecule has 2 atom stereocenters. The van der Waals surface area contributed by atoms with Crippen molar-refractivity contribution < 1.29 is 4.84 Å². The molecule has 138 valence electrons. The molecule has 27 heavy (non-hydrogen) atoms. The zero-order valence-electron chi connectivity index (χ0n) is 16.3. The van der Waals surface area contributed by atoms with E-state index >= 15 is 0 Å². The topological polar surface area (TPSA) is 45.4 Å². The Morgan fingerprint density at radius 2 is 1.85 bits per heavy atom. The van der Waals surface area contributed by atoms with Gasteiger partial charge in [-0.25, -0.2) is 0 Å². The standard InChI is InChI=1S/C24H26N2O/c1-23(2)20-12-13-24(23,3)22(14-20)26-27-16-17-8-10-18(11-9-17)21-7-5-4-6-19(21)15-25/h4-11,20H,12-14,16H2,1-3H3/b26-22+/t20-,24+/m0/s1. The highest BCUT2D eigenvalue weighted by Gasteiger charge is 2.60. The molecule has 2 saturated carbocycles. The molecule has 0 radical (unpaired) electrons. The van der Waals surface area contributed by atoms with Gasteiger partial charge in [-0.3, -0.25) is 0 Å². The Bertz CT molecular complexity index is 920. The number of oxime groups is 1. The Balaban J connectivity index is 1.44. The second-order valence-corrected chi connectivity index (χ2v) is 8.66. The minimum Gasteiger partial charge on any atom is -0.391 e. The lowest BCUT2D eigenvalue weighted by atomic mass is 9.70. The number of benzene rings is 2. The number of hydrogen-bond donors (Lipinski definition) is 0. The van der Waals surface area contributed by atoms with Crippen LogP contribution < -0.4 is 0 Å².